The summed E-state index contributed by atoms with van der Waals surface area (Å²) in [5.41, 5.74) is 0.498. The van der Waals surface area contributed by atoms with Crippen LogP contribution >= 0.6 is 15.9 Å². The Morgan fingerprint density at radius 2 is 2.46 bits per heavy atom. The predicted octanol–water partition coefficient (Wildman–Crippen LogP) is 1.37. The van der Waals surface area contributed by atoms with Crippen LogP contribution in [0.5, 0.6) is 0 Å². The van der Waals surface area contributed by atoms with Crippen LogP contribution in [-0.4, -0.2) is 17.1 Å². The number of nitrogens with one attached hydrogen (secondary N) is 1. The Bertz CT molecular complexity index is 337. The zero-order valence-corrected chi connectivity index (χ0v) is 9.09. The van der Waals surface area contributed by atoms with Crippen molar-refractivity contribution in [1.29, 1.82) is 0 Å². The second kappa shape index (κ2) is 4.53. The molecule has 0 spiro atoms. The molecule has 4 nitrogen and oxygen atoms in total. The summed E-state index contributed by atoms with van der Waals surface area (Å²) >= 11 is 3.20. The van der Waals surface area contributed by atoms with Gasteiger partial charge in [-0.05, 0) is 6.92 Å². The van der Waals surface area contributed by atoms with Gasteiger partial charge in [-0.25, -0.2) is 4.98 Å². The Labute approximate surface area is 84.5 Å². The Morgan fingerprint density at radius 3 is 2.92 bits per heavy atom. The van der Waals surface area contributed by atoms with E-state index in [4.69, 9.17) is 4.74 Å². The number of hydrogen-bond donors (Lipinski definition) is 1. The van der Waals surface area contributed by atoms with Crippen LogP contribution < -0.4 is 5.56 Å². The van der Waals surface area contributed by atoms with E-state index < -0.39 is 0 Å². The van der Waals surface area contributed by atoms with Gasteiger partial charge in [-0.3, -0.25) is 4.79 Å². The smallest absolute Gasteiger partial charge is 0.254 e. The SMILES string of the molecule is COC(C)c1ncc(CBr)c(=O)[nH]1. The maximum absolute atomic E-state index is 11.3. The number of hydrogen-bond acceptors (Lipinski definition) is 3. The van der Waals surface area contributed by atoms with Gasteiger partial charge in [0.1, 0.15) is 11.9 Å². The van der Waals surface area contributed by atoms with Crippen LogP contribution in [0.25, 0.3) is 0 Å². The maximum Gasteiger partial charge on any atom is 0.254 e. The van der Waals surface area contributed by atoms with Crippen molar-refractivity contribution in [3.05, 3.63) is 27.9 Å². The normalized spacial score (nSPS) is 12.8. The molecule has 0 saturated carbocycles. The molecular weight excluding hydrogens is 236 g/mol. The summed E-state index contributed by atoms with van der Waals surface area (Å²) in [5.74, 6) is 0.553. The maximum atomic E-state index is 11.3. The van der Waals surface area contributed by atoms with E-state index in [-0.39, 0.29) is 11.7 Å². The first-order chi connectivity index (χ1) is 6.19. The second-order valence-corrected chi connectivity index (χ2v) is 3.20. The van der Waals surface area contributed by atoms with Gasteiger partial charge in [0.15, 0.2) is 0 Å². The Kier molecular flexibility index (Phi) is 3.62. The van der Waals surface area contributed by atoms with E-state index in [1.807, 2.05) is 6.92 Å². The van der Waals surface area contributed by atoms with Gasteiger partial charge < -0.3 is 9.72 Å². The monoisotopic (exact) mass is 246 g/mol. The minimum absolute atomic E-state index is 0.120. The fraction of sp³-hybridized carbons (Fsp3) is 0.500. The third-order valence-electron chi connectivity index (χ3n) is 1.78. The molecule has 0 aromatic carbocycles. The number of methoxy groups -OCH3 is 1. The summed E-state index contributed by atoms with van der Waals surface area (Å²) in [6.07, 6.45) is 1.37. The van der Waals surface area contributed by atoms with E-state index in [2.05, 4.69) is 25.9 Å². The fourth-order valence-electron chi connectivity index (χ4n) is 0.848. The second-order valence-electron chi connectivity index (χ2n) is 2.63. The Hall–Kier alpha value is -0.680. The molecule has 0 fully saturated rings. The number of alkyl halides is 1. The molecule has 0 bridgehead atoms. The van der Waals surface area contributed by atoms with Gasteiger partial charge in [-0.1, -0.05) is 15.9 Å². The molecule has 0 aliphatic heterocycles. The van der Waals surface area contributed by atoms with E-state index in [1.54, 1.807) is 13.3 Å². The predicted molar refractivity (Wildman–Crippen MR) is 52.9 cm³/mol. The van der Waals surface area contributed by atoms with Crippen molar-refractivity contribution in [2.24, 2.45) is 0 Å². The molecule has 0 aliphatic carbocycles. The van der Waals surface area contributed by atoms with Crippen LogP contribution in [0.4, 0.5) is 0 Å². The number of ether oxygens (including phenoxy) is 1. The van der Waals surface area contributed by atoms with E-state index in [0.717, 1.165) is 0 Å². The third kappa shape index (κ3) is 2.38. The highest BCUT2D eigenvalue weighted by molar-refractivity contribution is 9.08. The number of aromatic nitrogens is 2. The van der Waals surface area contributed by atoms with Gasteiger partial charge in [0.25, 0.3) is 5.56 Å². The highest BCUT2D eigenvalue weighted by Gasteiger charge is 2.07. The van der Waals surface area contributed by atoms with Gasteiger partial charge in [0, 0.05) is 24.2 Å². The molecule has 1 aromatic rings. The standard InChI is InChI=1S/C8H11BrN2O2/c1-5(13-2)7-10-4-6(3-9)8(12)11-7/h4-5H,3H2,1-2H3,(H,10,11,12). The lowest BCUT2D eigenvalue weighted by Gasteiger charge is -2.07. The molecular formula is C8H11BrN2O2. The highest BCUT2D eigenvalue weighted by Crippen LogP contribution is 2.08. The Morgan fingerprint density at radius 1 is 1.77 bits per heavy atom. The molecule has 0 aliphatic rings. The number of H-pyrrole nitrogens is 1. The quantitative estimate of drug-likeness (QED) is 0.821. The van der Waals surface area contributed by atoms with Gasteiger partial charge in [0.2, 0.25) is 0 Å². The van der Waals surface area contributed by atoms with E-state index in [1.165, 1.54) is 0 Å². The molecule has 1 aromatic heterocycles. The van der Waals surface area contributed by atoms with Gasteiger partial charge >= 0.3 is 0 Å². The molecule has 13 heavy (non-hydrogen) atoms. The first-order valence-electron chi connectivity index (χ1n) is 3.86. The lowest BCUT2D eigenvalue weighted by molar-refractivity contribution is 0.112. The average Bonchev–Trinajstić information content (AvgIpc) is 2.16. The number of rotatable bonds is 3. The van der Waals surface area contributed by atoms with Crippen LogP contribution in [0.3, 0.4) is 0 Å². The van der Waals surface area contributed by atoms with Crippen molar-refractivity contribution in [2.45, 2.75) is 18.4 Å². The summed E-state index contributed by atoms with van der Waals surface area (Å²) in [6.45, 7) is 1.83. The highest BCUT2D eigenvalue weighted by atomic mass is 79.9. The lowest BCUT2D eigenvalue weighted by Crippen LogP contribution is -2.17. The van der Waals surface area contributed by atoms with Crippen molar-refractivity contribution in [2.75, 3.05) is 7.11 Å². The third-order valence-corrected chi connectivity index (χ3v) is 2.38. The molecule has 1 atom stereocenters. The van der Waals surface area contributed by atoms with Crippen LogP contribution in [0, 0.1) is 0 Å². The molecule has 1 unspecified atom stereocenters. The van der Waals surface area contributed by atoms with Crippen molar-refractivity contribution in [3.8, 4) is 0 Å². The summed E-state index contributed by atoms with van der Waals surface area (Å²) in [5, 5.41) is 0.511. The summed E-state index contributed by atoms with van der Waals surface area (Å²) < 4.78 is 5.02. The number of nitrogens with zero attached hydrogens (tertiary/aromatic N) is 1. The molecule has 0 saturated heterocycles. The topological polar surface area (TPSA) is 55.0 Å². The van der Waals surface area contributed by atoms with Crippen LogP contribution in [0.1, 0.15) is 24.4 Å². The minimum atomic E-state index is -0.183. The van der Waals surface area contributed by atoms with Crippen molar-refractivity contribution in [3.63, 3.8) is 0 Å². The van der Waals surface area contributed by atoms with E-state index in [0.29, 0.717) is 16.7 Å². The molecule has 72 valence electrons. The molecule has 1 heterocycles. The van der Waals surface area contributed by atoms with E-state index >= 15 is 0 Å². The summed E-state index contributed by atoms with van der Waals surface area (Å²) in [6, 6.07) is 0. The summed E-state index contributed by atoms with van der Waals surface area (Å²) in [4.78, 5) is 18.0. The van der Waals surface area contributed by atoms with E-state index in [9.17, 15) is 4.79 Å². The molecule has 5 heteroatoms. The molecule has 0 radical (unpaired) electrons. The molecule has 1 rings (SSSR count). The average molecular weight is 247 g/mol. The van der Waals surface area contributed by atoms with Crippen molar-refractivity contribution in [1.82, 2.24) is 9.97 Å². The summed E-state index contributed by atoms with van der Waals surface area (Å²) in [7, 11) is 1.57. The van der Waals surface area contributed by atoms with Gasteiger partial charge in [-0.2, -0.15) is 0 Å². The zero-order valence-electron chi connectivity index (χ0n) is 7.50. The van der Waals surface area contributed by atoms with Gasteiger partial charge in [-0.15, -0.1) is 0 Å². The lowest BCUT2D eigenvalue weighted by atomic mass is 10.3. The minimum Gasteiger partial charge on any atom is -0.374 e. The first-order valence-corrected chi connectivity index (χ1v) is 4.98. The fourth-order valence-corrected chi connectivity index (χ4v) is 1.25. The first kappa shape index (κ1) is 10.4. The Balaban J connectivity index is 3.03. The largest absolute Gasteiger partial charge is 0.374 e. The van der Waals surface area contributed by atoms with Crippen molar-refractivity contribution < 1.29 is 4.74 Å². The molecule has 0 amide bonds. The number of halogens is 1. The van der Waals surface area contributed by atoms with Crippen molar-refractivity contribution >= 4 is 15.9 Å². The van der Waals surface area contributed by atoms with Crippen LogP contribution in [0.2, 0.25) is 0 Å². The number of aromatic amines is 1. The van der Waals surface area contributed by atoms with Crippen LogP contribution in [-0.2, 0) is 10.1 Å². The molecule has 1 N–H and O–H groups in total. The zero-order chi connectivity index (χ0) is 9.84. The van der Waals surface area contributed by atoms with Gasteiger partial charge in [0.05, 0.1) is 0 Å². The van der Waals surface area contributed by atoms with Crippen LogP contribution in [0.15, 0.2) is 11.0 Å².